The number of aliphatic hydroxyl groups is 1. The van der Waals surface area contributed by atoms with E-state index in [1.165, 1.54) is 0 Å². The number of likely N-dealkylation sites (N-methyl/N-ethyl adjacent to an activating group) is 1. The number of aliphatic carboxylic acids is 1. The molecule has 5 nitrogen and oxygen atoms in total. The minimum absolute atomic E-state index is 0.245. The zero-order valence-electron chi connectivity index (χ0n) is 13.3. The van der Waals surface area contributed by atoms with Crippen molar-refractivity contribution < 1.29 is 24.3 Å². The van der Waals surface area contributed by atoms with Crippen LogP contribution in [0, 0.1) is 5.92 Å². The highest BCUT2D eigenvalue weighted by atomic mass is 16.4. The summed E-state index contributed by atoms with van der Waals surface area (Å²) in [5.74, 6) is -2.86. The van der Waals surface area contributed by atoms with Crippen molar-refractivity contribution in [3.8, 4) is 0 Å². The number of nitrogens with zero attached hydrogens (tertiary/aromatic N) is 1. The Morgan fingerprint density at radius 1 is 1.05 bits per heavy atom. The van der Waals surface area contributed by atoms with Crippen LogP contribution < -0.4 is 0 Å². The number of carboxylic acids is 1. The fraction of sp³-hybridized carbons (Fsp3) is 0.867. The molecule has 0 unspecified atom stereocenters. The van der Waals surface area contributed by atoms with Crippen LogP contribution in [0.2, 0.25) is 0 Å². The standard InChI is InChI=1S/C15H29NO4/c1-5-6-7-8-9-10-12(17)14(15(19)20)13(18)11-16(2,3)4/h13-14,18H,5-11H2,1-4H3/p+1/t13-,14-/m1/s1. The Balaban J connectivity index is 4.37. The molecule has 0 saturated carbocycles. The van der Waals surface area contributed by atoms with E-state index in [1.807, 2.05) is 21.1 Å². The second kappa shape index (κ2) is 9.08. The van der Waals surface area contributed by atoms with Crippen LogP contribution in [0.1, 0.15) is 45.4 Å². The van der Waals surface area contributed by atoms with E-state index in [0.29, 0.717) is 10.9 Å². The Labute approximate surface area is 122 Å². The van der Waals surface area contributed by atoms with Crippen molar-refractivity contribution in [2.24, 2.45) is 5.92 Å². The molecule has 2 atom stereocenters. The van der Waals surface area contributed by atoms with Crippen LogP contribution in [-0.2, 0) is 9.59 Å². The van der Waals surface area contributed by atoms with Crippen molar-refractivity contribution in [2.45, 2.75) is 51.6 Å². The summed E-state index contributed by atoms with van der Waals surface area (Å²) < 4.78 is 0.425. The first-order chi connectivity index (χ1) is 9.19. The predicted octanol–water partition coefficient (Wildman–Crippen LogP) is 1.68. The molecule has 5 heteroatoms. The SMILES string of the molecule is CCCCCCCC(=O)[C@@H](C(=O)O)[C@H](O)C[N+](C)(C)C. The van der Waals surface area contributed by atoms with E-state index in [0.717, 1.165) is 25.7 Å². The minimum atomic E-state index is -1.29. The fourth-order valence-electron chi connectivity index (χ4n) is 2.24. The smallest absolute Gasteiger partial charge is 0.316 e. The van der Waals surface area contributed by atoms with E-state index >= 15 is 0 Å². The summed E-state index contributed by atoms with van der Waals surface area (Å²) >= 11 is 0. The number of Topliss-reactive ketones (excluding diaryl/α,β-unsaturated/α-hetero) is 1. The highest BCUT2D eigenvalue weighted by Gasteiger charge is 2.35. The monoisotopic (exact) mass is 288 g/mol. The first-order valence-corrected chi connectivity index (χ1v) is 7.43. The molecule has 118 valence electrons. The van der Waals surface area contributed by atoms with E-state index in [1.54, 1.807) is 0 Å². The molecule has 0 aliphatic carbocycles. The molecule has 0 aromatic heterocycles. The molecular weight excluding hydrogens is 258 g/mol. The number of hydrogen-bond acceptors (Lipinski definition) is 3. The lowest BCUT2D eigenvalue weighted by atomic mass is 9.93. The van der Waals surface area contributed by atoms with Gasteiger partial charge in [-0.1, -0.05) is 32.6 Å². The van der Waals surface area contributed by atoms with Crippen LogP contribution in [-0.4, -0.2) is 60.2 Å². The van der Waals surface area contributed by atoms with E-state index in [9.17, 15) is 14.7 Å². The van der Waals surface area contributed by atoms with Gasteiger partial charge in [-0.3, -0.25) is 9.59 Å². The molecule has 0 aliphatic rings. The Bertz CT molecular complexity index is 309. The lowest BCUT2D eigenvalue weighted by Crippen LogP contribution is -2.47. The summed E-state index contributed by atoms with van der Waals surface area (Å²) in [6.07, 6.45) is 4.11. The van der Waals surface area contributed by atoms with Crippen molar-refractivity contribution in [3.63, 3.8) is 0 Å². The number of unbranched alkanes of at least 4 members (excludes halogenated alkanes) is 4. The maximum absolute atomic E-state index is 12.0. The molecule has 0 saturated heterocycles. The quantitative estimate of drug-likeness (QED) is 0.345. The van der Waals surface area contributed by atoms with Gasteiger partial charge in [0.2, 0.25) is 0 Å². The third kappa shape index (κ3) is 8.27. The van der Waals surface area contributed by atoms with Gasteiger partial charge in [-0.15, -0.1) is 0 Å². The summed E-state index contributed by atoms with van der Waals surface area (Å²) in [5, 5.41) is 19.2. The molecule has 0 radical (unpaired) electrons. The lowest BCUT2D eigenvalue weighted by molar-refractivity contribution is -0.873. The zero-order chi connectivity index (χ0) is 15.8. The molecule has 0 aromatic carbocycles. The molecule has 0 bridgehead atoms. The van der Waals surface area contributed by atoms with Crippen molar-refractivity contribution in [3.05, 3.63) is 0 Å². The van der Waals surface area contributed by atoms with Crippen LogP contribution in [0.4, 0.5) is 0 Å². The van der Waals surface area contributed by atoms with Crippen molar-refractivity contribution in [2.75, 3.05) is 27.7 Å². The molecule has 0 aliphatic heterocycles. The molecule has 0 fully saturated rings. The summed E-state index contributed by atoms with van der Waals surface area (Å²) in [6.45, 7) is 2.37. The average molecular weight is 288 g/mol. The van der Waals surface area contributed by atoms with Crippen LogP contribution in [0.5, 0.6) is 0 Å². The highest BCUT2D eigenvalue weighted by molar-refractivity contribution is 5.98. The second-order valence-electron chi connectivity index (χ2n) is 6.49. The van der Waals surface area contributed by atoms with E-state index in [2.05, 4.69) is 6.92 Å². The Hall–Kier alpha value is -0.940. The molecular formula is C15H30NO4+. The van der Waals surface area contributed by atoms with Gasteiger partial charge in [-0.25, -0.2) is 0 Å². The van der Waals surface area contributed by atoms with Gasteiger partial charge < -0.3 is 14.7 Å². The number of hydrogen-bond donors (Lipinski definition) is 2. The third-order valence-corrected chi connectivity index (χ3v) is 3.26. The largest absolute Gasteiger partial charge is 0.481 e. The van der Waals surface area contributed by atoms with Gasteiger partial charge in [0.15, 0.2) is 0 Å². The van der Waals surface area contributed by atoms with Gasteiger partial charge in [0.25, 0.3) is 0 Å². The van der Waals surface area contributed by atoms with Crippen LogP contribution in [0.25, 0.3) is 0 Å². The Morgan fingerprint density at radius 2 is 1.60 bits per heavy atom. The van der Waals surface area contributed by atoms with E-state index in [-0.39, 0.29) is 18.7 Å². The van der Waals surface area contributed by atoms with Crippen LogP contribution >= 0.6 is 0 Å². The van der Waals surface area contributed by atoms with Crippen molar-refractivity contribution in [1.29, 1.82) is 0 Å². The maximum atomic E-state index is 12.0. The van der Waals surface area contributed by atoms with Crippen LogP contribution in [0.3, 0.4) is 0 Å². The van der Waals surface area contributed by atoms with Gasteiger partial charge in [-0.05, 0) is 6.42 Å². The summed E-state index contributed by atoms with van der Waals surface area (Å²) in [7, 11) is 5.58. The average Bonchev–Trinajstić information content (AvgIpc) is 2.25. The second-order valence-corrected chi connectivity index (χ2v) is 6.49. The normalized spacial score (nSPS) is 14.8. The number of quaternary nitrogens is 1. The van der Waals surface area contributed by atoms with Gasteiger partial charge in [0, 0.05) is 6.42 Å². The molecule has 0 rings (SSSR count). The van der Waals surface area contributed by atoms with Gasteiger partial charge in [0.05, 0.1) is 21.1 Å². The number of aliphatic hydroxyl groups excluding tert-OH is 1. The van der Waals surface area contributed by atoms with Crippen LogP contribution in [0.15, 0.2) is 0 Å². The Morgan fingerprint density at radius 3 is 2.05 bits per heavy atom. The van der Waals surface area contributed by atoms with Gasteiger partial charge in [0.1, 0.15) is 24.3 Å². The molecule has 0 amide bonds. The molecule has 2 N–H and O–H groups in total. The number of rotatable bonds is 11. The summed E-state index contributed by atoms with van der Waals surface area (Å²) in [4.78, 5) is 23.2. The maximum Gasteiger partial charge on any atom is 0.316 e. The molecule has 20 heavy (non-hydrogen) atoms. The van der Waals surface area contributed by atoms with Gasteiger partial charge >= 0.3 is 5.97 Å². The van der Waals surface area contributed by atoms with Crippen molar-refractivity contribution >= 4 is 11.8 Å². The topological polar surface area (TPSA) is 74.6 Å². The number of carbonyl (C=O) groups is 2. The zero-order valence-corrected chi connectivity index (χ0v) is 13.3. The van der Waals surface area contributed by atoms with E-state index < -0.39 is 18.0 Å². The third-order valence-electron chi connectivity index (χ3n) is 3.26. The predicted molar refractivity (Wildman–Crippen MR) is 78.4 cm³/mol. The fourth-order valence-corrected chi connectivity index (χ4v) is 2.24. The number of carbonyl (C=O) groups excluding carboxylic acids is 1. The molecule has 0 heterocycles. The summed E-state index contributed by atoms with van der Waals surface area (Å²) in [5.41, 5.74) is 0. The first kappa shape index (κ1) is 19.1. The first-order valence-electron chi connectivity index (χ1n) is 7.43. The lowest BCUT2D eigenvalue weighted by Gasteiger charge is -2.28. The molecule has 0 spiro atoms. The number of ketones is 1. The van der Waals surface area contributed by atoms with Crippen molar-refractivity contribution in [1.82, 2.24) is 0 Å². The molecule has 0 aromatic rings. The Kier molecular flexibility index (Phi) is 8.65. The van der Waals surface area contributed by atoms with Gasteiger partial charge in [-0.2, -0.15) is 0 Å². The highest BCUT2D eigenvalue weighted by Crippen LogP contribution is 2.14. The summed E-state index contributed by atoms with van der Waals surface area (Å²) in [6, 6.07) is 0. The van der Waals surface area contributed by atoms with E-state index in [4.69, 9.17) is 5.11 Å². The minimum Gasteiger partial charge on any atom is -0.481 e. The number of carboxylic acid groups (broad SMARTS) is 1.